The molecule has 6 rings (SSSR count). The number of anilines is 1. The summed E-state index contributed by atoms with van der Waals surface area (Å²) in [6.07, 6.45) is -8.50. The topological polar surface area (TPSA) is 198 Å². The Morgan fingerprint density at radius 3 is 2.33 bits per heavy atom. The molecule has 1 aliphatic heterocycles. The fraction of sp³-hybridized carbons (Fsp3) is 0.345. The van der Waals surface area contributed by atoms with Crippen molar-refractivity contribution in [1.82, 2.24) is 19.6 Å². The number of nitrogens with one attached hydrogen (secondary N) is 1. The number of benzene rings is 2. The maximum Gasteiger partial charge on any atom is 0.422 e. The molecule has 2 aliphatic rings. The lowest BCUT2D eigenvalue weighted by molar-refractivity contribution is -0.195. The van der Waals surface area contributed by atoms with Gasteiger partial charge in [0.05, 0.1) is 11.9 Å². The van der Waals surface area contributed by atoms with E-state index in [9.17, 15) is 43.2 Å². The van der Waals surface area contributed by atoms with E-state index in [0.717, 1.165) is 17.7 Å². The first kappa shape index (κ1) is 31.2. The minimum absolute atomic E-state index is 0.0726. The van der Waals surface area contributed by atoms with Crippen LogP contribution in [0.4, 0.5) is 19.0 Å². The summed E-state index contributed by atoms with van der Waals surface area (Å²) < 4.78 is 54.7. The summed E-state index contributed by atoms with van der Waals surface area (Å²) >= 11 is 0. The highest BCUT2D eigenvalue weighted by molar-refractivity contribution is 6.02. The van der Waals surface area contributed by atoms with Crippen molar-refractivity contribution in [2.24, 2.45) is 0 Å². The van der Waals surface area contributed by atoms with Gasteiger partial charge in [0.2, 0.25) is 0 Å². The fourth-order valence-electron chi connectivity index (χ4n) is 5.40. The Hall–Kier alpha value is -4.84. The number of imidazole rings is 1. The first-order valence-corrected chi connectivity index (χ1v) is 13.8. The van der Waals surface area contributed by atoms with E-state index in [2.05, 4.69) is 25.1 Å². The number of aromatic nitrogens is 4. The minimum Gasteiger partial charge on any atom is -0.484 e. The summed E-state index contributed by atoms with van der Waals surface area (Å²) in [5.74, 6) is -3.61. The van der Waals surface area contributed by atoms with Gasteiger partial charge in [-0.25, -0.2) is 24.1 Å². The molecule has 3 heterocycles. The van der Waals surface area contributed by atoms with Gasteiger partial charge < -0.3 is 40.0 Å². The molecule has 2 aromatic heterocycles. The maximum absolute atomic E-state index is 12.4. The average molecular weight is 646 g/mol. The second-order valence-electron chi connectivity index (χ2n) is 10.9. The van der Waals surface area contributed by atoms with E-state index < -0.39 is 66.8 Å². The maximum atomic E-state index is 12.4. The Bertz CT molecular complexity index is 1740. The molecule has 1 unspecified atom stereocenters. The summed E-state index contributed by atoms with van der Waals surface area (Å²) in [6.45, 7) is -1.12. The quantitative estimate of drug-likeness (QED) is 0.140. The fourth-order valence-corrected chi connectivity index (χ4v) is 5.40. The highest BCUT2D eigenvalue weighted by atomic mass is 19.4. The lowest BCUT2D eigenvalue weighted by atomic mass is 9.94. The number of aliphatic hydroxyl groups excluding tert-OH is 1. The van der Waals surface area contributed by atoms with Crippen LogP contribution in [0, 0.1) is 0 Å². The van der Waals surface area contributed by atoms with Crippen LogP contribution in [-0.4, -0.2) is 94.2 Å². The monoisotopic (exact) mass is 645 g/mol. The molecule has 0 radical (unpaired) electrons. The van der Waals surface area contributed by atoms with E-state index in [-0.39, 0.29) is 17.0 Å². The summed E-state index contributed by atoms with van der Waals surface area (Å²) in [7, 11) is 0. The Labute approximate surface area is 257 Å². The summed E-state index contributed by atoms with van der Waals surface area (Å²) in [5.41, 5.74) is -3.53. The van der Waals surface area contributed by atoms with Gasteiger partial charge in [-0.2, -0.15) is 18.3 Å². The Balaban J connectivity index is 1.17. The number of aliphatic hydroxyl groups is 2. The molecular formula is C29H26F3N5O9. The van der Waals surface area contributed by atoms with Crippen LogP contribution in [0.2, 0.25) is 0 Å². The van der Waals surface area contributed by atoms with Gasteiger partial charge in [0.15, 0.2) is 23.7 Å². The van der Waals surface area contributed by atoms with Crippen LogP contribution in [0.1, 0.15) is 22.9 Å². The van der Waals surface area contributed by atoms with Crippen molar-refractivity contribution in [3.63, 3.8) is 0 Å². The number of fused-ring (bicyclic) bond motifs is 2. The summed E-state index contributed by atoms with van der Waals surface area (Å²) in [5, 5.41) is 49.7. The van der Waals surface area contributed by atoms with E-state index >= 15 is 0 Å². The van der Waals surface area contributed by atoms with Crippen molar-refractivity contribution >= 4 is 23.4 Å². The van der Waals surface area contributed by atoms with E-state index in [1.54, 1.807) is 0 Å². The first-order chi connectivity index (χ1) is 21.8. The SMILES string of the molecule is O=C(O)C(Cc1ccc(OCC(F)(F)F)cc1)(OC1[C@H]2O[C@@H](c3cnc4c(NCc5ccccc5)ncnn34)[C@H](O)[C@@]12O)C(=O)O. The van der Waals surface area contributed by atoms with Crippen molar-refractivity contribution in [1.29, 1.82) is 0 Å². The highest BCUT2D eigenvalue weighted by Crippen LogP contribution is 2.57. The van der Waals surface area contributed by atoms with Crippen LogP contribution in [0.3, 0.4) is 0 Å². The van der Waals surface area contributed by atoms with Gasteiger partial charge in [-0.3, -0.25) is 0 Å². The van der Waals surface area contributed by atoms with Gasteiger partial charge in [-0.1, -0.05) is 42.5 Å². The standard InChI is InChI=1S/C29H26F3N5O9/c30-28(31,32)13-44-17-8-6-15(7-9-17)10-27(25(39)40,26(41)42)46-22-21-29(22,43)20(38)19(45-21)18-12-34-24-23(35-14-36-37(18)24)33-11-16-4-2-1-3-5-16/h1-9,12,14,19-22,38,43H,10-11,13H2,(H,39,40)(H,41,42)(H,33,35,36)/t19-,20-,21+,22?,29-/m0/s1. The smallest absolute Gasteiger partial charge is 0.422 e. The summed E-state index contributed by atoms with van der Waals surface area (Å²) in [4.78, 5) is 33.2. The number of rotatable bonds is 12. The van der Waals surface area contributed by atoms with E-state index in [0.29, 0.717) is 18.0 Å². The highest BCUT2D eigenvalue weighted by Gasteiger charge is 2.79. The van der Waals surface area contributed by atoms with Crippen LogP contribution in [-0.2, 0) is 32.0 Å². The van der Waals surface area contributed by atoms with Crippen molar-refractivity contribution in [3.8, 4) is 5.75 Å². The average Bonchev–Trinajstić information content (AvgIpc) is 3.26. The second-order valence-corrected chi connectivity index (χ2v) is 10.9. The molecular weight excluding hydrogens is 619 g/mol. The number of hydrogen-bond acceptors (Lipinski definition) is 11. The molecule has 1 saturated carbocycles. The van der Waals surface area contributed by atoms with Crippen molar-refractivity contribution < 1.29 is 57.4 Å². The zero-order valence-electron chi connectivity index (χ0n) is 23.5. The minimum atomic E-state index is -4.58. The molecule has 242 valence electrons. The predicted molar refractivity (Wildman–Crippen MR) is 148 cm³/mol. The number of carbonyl (C=O) groups is 2. The predicted octanol–water partition coefficient (Wildman–Crippen LogP) is 1.76. The van der Waals surface area contributed by atoms with Crippen LogP contribution >= 0.6 is 0 Å². The lowest BCUT2D eigenvalue weighted by Crippen LogP contribution is -2.53. The van der Waals surface area contributed by atoms with Crippen molar-refractivity contribution in [2.45, 2.75) is 54.8 Å². The van der Waals surface area contributed by atoms with Gasteiger partial charge >= 0.3 is 18.1 Å². The van der Waals surface area contributed by atoms with Crippen LogP contribution in [0.25, 0.3) is 5.65 Å². The van der Waals surface area contributed by atoms with Crippen LogP contribution < -0.4 is 10.1 Å². The molecule has 2 fully saturated rings. The number of ether oxygens (including phenoxy) is 3. The molecule has 2 aromatic carbocycles. The third-order valence-corrected chi connectivity index (χ3v) is 7.85. The number of carboxylic acid groups (broad SMARTS) is 2. The number of hydrogen-bond donors (Lipinski definition) is 5. The van der Waals surface area contributed by atoms with E-state index in [1.807, 2.05) is 30.3 Å². The third-order valence-electron chi connectivity index (χ3n) is 7.85. The number of halogens is 3. The van der Waals surface area contributed by atoms with E-state index in [4.69, 9.17) is 9.47 Å². The molecule has 46 heavy (non-hydrogen) atoms. The number of aliphatic carboxylic acids is 2. The third kappa shape index (κ3) is 5.57. The molecule has 1 saturated heterocycles. The molecule has 17 heteroatoms. The van der Waals surface area contributed by atoms with Crippen LogP contribution in [0.5, 0.6) is 5.75 Å². The Morgan fingerprint density at radius 2 is 1.72 bits per heavy atom. The molecule has 5 N–H and O–H groups in total. The number of nitrogens with zero attached hydrogens (tertiary/aromatic N) is 4. The first-order valence-electron chi connectivity index (χ1n) is 13.8. The van der Waals surface area contributed by atoms with Gasteiger partial charge in [-0.15, -0.1) is 0 Å². The second kappa shape index (κ2) is 11.5. The Kier molecular flexibility index (Phi) is 7.79. The summed E-state index contributed by atoms with van der Waals surface area (Å²) in [6, 6.07) is 14.1. The van der Waals surface area contributed by atoms with Gasteiger partial charge in [-0.05, 0) is 23.3 Å². The molecule has 5 atom stereocenters. The van der Waals surface area contributed by atoms with Gasteiger partial charge in [0.1, 0.15) is 36.5 Å². The van der Waals surface area contributed by atoms with E-state index in [1.165, 1.54) is 29.2 Å². The zero-order valence-corrected chi connectivity index (χ0v) is 23.5. The van der Waals surface area contributed by atoms with Crippen molar-refractivity contribution in [3.05, 3.63) is 83.9 Å². The lowest BCUT2D eigenvalue weighted by Gasteiger charge is -2.29. The van der Waals surface area contributed by atoms with Gasteiger partial charge in [0.25, 0.3) is 5.60 Å². The number of carboxylic acids is 2. The largest absolute Gasteiger partial charge is 0.484 e. The molecule has 0 amide bonds. The normalized spacial score (nSPS) is 24.0. The molecule has 0 spiro atoms. The molecule has 4 aromatic rings. The molecule has 14 nitrogen and oxygen atoms in total. The van der Waals surface area contributed by atoms with Crippen LogP contribution in [0.15, 0.2) is 67.1 Å². The van der Waals surface area contributed by atoms with Gasteiger partial charge in [0, 0.05) is 13.0 Å². The number of alkyl halides is 3. The Morgan fingerprint density at radius 1 is 1.02 bits per heavy atom. The molecule has 0 bridgehead atoms. The molecule has 1 aliphatic carbocycles. The zero-order chi connectivity index (χ0) is 32.9. The van der Waals surface area contributed by atoms with Crippen molar-refractivity contribution in [2.75, 3.05) is 11.9 Å².